The standard InChI is InChI=1S/C25H25F4N5O2/c1-4-20(18-7-6-17(11-19(18)26)36-25(27,28)29)33-9-10-34(15(2)14-33)22-12-23(35)32(3)21-8-5-16(13-30)31-24(21)22/h5-8,11-12,15,20H,4,9-10,14H2,1-3H3/t15-,20?/m0/s1. The molecule has 0 spiro atoms. The number of anilines is 1. The summed E-state index contributed by atoms with van der Waals surface area (Å²) in [6.07, 6.45) is -4.35. The first-order valence-corrected chi connectivity index (χ1v) is 11.5. The number of hydrogen-bond acceptors (Lipinski definition) is 6. The van der Waals surface area contributed by atoms with Gasteiger partial charge in [0.25, 0.3) is 5.56 Å². The molecule has 0 saturated carbocycles. The van der Waals surface area contributed by atoms with Crippen LogP contribution in [-0.2, 0) is 7.05 Å². The Bertz CT molecular complexity index is 1380. The fraction of sp³-hybridized carbons (Fsp3) is 0.400. The van der Waals surface area contributed by atoms with E-state index in [2.05, 4.69) is 19.5 Å². The van der Waals surface area contributed by atoms with Crippen LogP contribution in [-0.4, -0.2) is 46.5 Å². The number of aryl methyl sites for hydroxylation is 1. The maximum absolute atomic E-state index is 14.8. The molecular weight excluding hydrogens is 478 g/mol. The highest BCUT2D eigenvalue weighted by Gasteiger charge is 2.33. The molecule has 36 heavy (non-hydrogen) atoms. The van der Waals surface area contributed by atoms with E-state index < -0.39 is 17.9 Å². The summed E-state index contributed by atoms with van der Waals surface area (Å²) in [5.74, 6) is -1.36. The van der Waals surface area contributed by atoms with Gasteiger partial charge in [-0.05, 0) is 31.5 Å². The number of aromatic nitrogens is 2. The fourth-order valence-corrected chi connectivity index (χ4v) is 4.87. The highest BCUT2D eigenvalue weighted by molar-refractivity contribution is 5.88. The topological polar surface area (TPSA) is 74.4 Å². The zero-order valence-electron chi connectivity index (χ0n) is 20.0. The van der Waals surface area contributed by atoms with Gasteiger partial charge in [-0.25, -0.2) is 9.37 Å². The highest BCUT2D eigenvalue weighted by Crippen LogP contribution is 2.34. The summed E-state index contributed by atoms with van der Waals surface area (Å²) in [6.45, 7) is 5.43. The molecule has 2 aromatic heterocycles. The molecule has 4 rings (SSSR count). The minimum Gasteiger partial charge on any atom is -0.406 e. The fourth-order valence-electron chi connectivity index (χ4n) is 4.87. The number of hydrogen-bond donors (Lipinski definition) is 0. The Hall–Kier alpha value is -3.65. The molecule has 7 nitrogen and oxygen atoms in total. The molecule has 0 amide bonds. The molecule has 3 heterocycles. The second kappa shape index (κ2) is 9.78. The summed E-state index contributed by atoms with van der Waals surface area (Å²) >= 11 is 0. The van der Waals surface area contributed by atoms with E-state index in [0.717, 1.165) is 12.1 Å². The van der Waals surface area contributed by atoms with Crippen LogP contribution < -0.4 is 15.2 Å². The van der Waals surface area contributed by atoms with Crippen LogP contribution in [0, 0.1) is 17.1 Å². The maximum Gasteiger partial charge on any atom is 0.573 e. The molecule has 0 aliphatic carbocycles. The first-order chi connectivity index (χ1) is 17.0. The van der Waals surface area contributed by atoms with Crippen LogP contribution in [0.15, 0.2) is 41.2 Å². The Kier molecular flexibility index (Phi) is 6.91. The normalized spacial score (nSPS) is 17.7. The lowest BCUT2D eigenvalue weighted by atomic mass is 9.99. The Labute approximate surface area is 205 Å². The largest absolute Gasteiger partial charge is 0.573 e. The van der Waals surface area contributed by atoms with E-state index in [9.17, 15) is 27.6 Å². The summed E-state index contributed by atoms with van der Waals surface area (Å²) in [5, 5.41) is 9.30. The van der Waals surface area contributed by atoms with Crippen molar-refractivity contribution in [1.29, 1.82) is 5.26 Å². The van der Waals surface area contributed by atoms with Gasteiger partial charge in [0, 0.05) is 56.5 Å². The number of piperazine rings is 1. The molecule has 1 fully saturated rings. The Morgan fingerprint density at radius 3 is 2.58 bits per heavy atom. The van der Waals surface area contributed by atoms with Gasteiger partial charge in [0.2, 0.25) is 0 Å². The number of pyridine rings is 2. The second-order valence-corrected chi connectivity index (χ2v) is 8.80. The van der Waals surface area contributed by atoms with Crippen molar-refractivity contribution in [3.8, 4) is 11.8 Å². The molecule has 190 valence electrons. The number of nitrogens with zero attached hydrogens (tertiary/aromatic N) is 5. The number of ether oxygens (including phenoxy) is 1. The summed E-state index contributed by atoms with van der Waals surface area (Å²) in [7, 11) is 1.65. The lowest BCUT2D eigenvalue weighted by Gasteiger charge is -2.44. The number of nitriles is 1. The Balaban J connectivity index is 1.61. The maximum atomic E-state index is 14.8. The van der Waals surface area contributed by atoms with E-state index in [1.165, 1.54) is 16.7 Å². The van der Waals surface area contributed by atoms with E-state index in [-0.39, 0.29) is 23.3 Å². The number of benzene rings is 1. The van der Waals surface area contributed by atoms with Crippen LogP contribution in [0.5, 0.6) is 5.75 Å². The van der Waals surface area contributed by atoms with Crippen molar-refractivity contribution < 1.29 is 22.3 Å². The first kappa shape index (κ1) is 25.4. The van der Waals surface area contributed by atoms with Crippen molar-refractivity contribution in [3.63, 3.8) is 0 Å². The van der Waals surface area contributed by atoms with Crippen molar-refractivity contribution in [2.24, 2.45) is 7.05 Å². The summed E-state index contributed by atoms with van der Waals surface area (Å²) in [6, 6.07) is 9.60. The number of rotatable bonds is 5. The Morgan fingerprint density at radius 1 is 1.22 bits per heavy atom. The van der Waals surface area contributed by atoms with Gasteiger partial charge in [0.15, 0.2) is 0 Å². The van der Waals surface area contributed by atoms with E-state index in [1.54, 1.807) is 19.2 Å². The summed E-state index contributed by atoms with van der Waals surface area (Å²) < 4.78 is 57.6. The molecule has 1 aliphatic rings. The van der Waals surface area contributed by atoms with Crippen molar-refractivity contribution in [2.45, 2.75) is 38.7 Å². The first-order valence-electron chi connectivity index (χ1n) is 11.5. The number of alkyl halides is 3. The van der Waals surface area contributed by atoms with Gasteiger partial charge in [0.05, 0.1) is 11.2 Å². The minimum atomic E-state index is -4.89. The number of fused-ring (bicyclic) bond motifs is 1. The van der Waals surface area contributed by atoms with Gasteiger partial charge in [0.1, 0.15) is 28.8 Å². The number of halogens is 4. The van der Waals surface area contributed by atoms with Crippen LogP contribution in [0.1, 0.15) is 37.6 Å². The molecular formula is C25H25F4N5O2. The van der Waals surface area contributed by atoms with Gasteiger partial charge in [-0.2, -0.15) is 5.26 Å². The molecule has 0 radical (unpaired) electrons. The smallest absolute Gasteiger partial charge is 0.406 e. The zero-order chi connectivity index (χ0) is 26.2. The third-order valence-corrected chi connectivity index (χ3v) is 6.54. The van der Waals surface area contributed by atoms with E-state index >= 15 is 0 Å². The van der Waals surface area contributed by atoms with Gasteiger partial charge in [-0.15, -0.1) is 13.2 Å². The van der Waals surface area contributed by atoms with Crippen LogP contribution >= 0.6 is 0 Å². The summed E-state index contributed by atoms with van der Waals surface area (Å²) in [5.41, 5.74) is 2.13. The molecule has 0 N–H and O–H groups in total. The quantitative estimate of drug-likeness (QED) is 0.478. The van der Waals surface area contributed by atoms with E-state index in [4.69, 9.17) is 0 Å². The van der Waals surface area contributed by atoms with Gasteiger partial charge >= 0.3 is 6.36 Å². The van der Waals surface area contributed by atoms with Gasteiger partial charge in [-0.1, -0.05) is 13.0 Å². The Morgan fingerprint density at radius 2 is 1.97 bits per heavy atom. The molecule has 1 unspecified atom stereocenters. The SMILES string of the molecule is CCC(c1ccc(OC(F)(F)F)cc1F)N1CCN(c2cc(=O)n(C)c3ccc(C#N)nc23)[C@@H](C)C1. The highest BCUT2D eigenvalue weighted by atomic mass is 19.4. The molecule has 1 aromatic carbocycles. The van der Waals surface area contributed by atoms with Crippen LogP contribution in [0.25, 0.3) is 11.0 Å². The minimum absolute atomic E-state index is 0.0912. The predicted octanol–water partition coefficient (Wildman–Crippen LogP) is 4.50. The van der Waals surface area contributed by atoms with Crippen molar-refractivity contribution in [2.75, 3.05) is 24.5 Å². The van der Waals surface area contributed by atoms with E-state index in [0.29, 0.717) is 48.3 Å². The molecule has 3 aromatic rings. The third-order valence-electron chi connectivity index (χ3n) is 6.54. The van der Waals surface area contributed by atoms with Crippen LogP contribution in [0.4, 0.5) is 23.2 Å². The predicted molar refractivity (Wildman–Crippen MR) is 126 cm³/mol. The van der Waals surface area contributed by atoms with Gasteiger partial charge in [-0.3, -0.25) is 9.69 Å². The summed E-state index contributed by atoms with van der Waals surface area (Å²) in [4.78, 5) is 21.2. The molecule has 1 aliphatic heterocycles. The lowest BCUT2D eigenvalue weighted by molar-refractivity contribution is -0.274. The van der Waals surface area contributed by atoms with Crippen molar-refractivity contribution in [3.05, 3.63) is 63.8 Å². The van der Waals surface area contributed by atoms with Gasteiger partial charge < -0.3 is 14.2 Å². The van der Waals surface area contributed by atoms with Crippen LogP contribution in [0.3, 0.4) is 0 Å². The zero-order valence-corrected chi connectivity index (χ0v) is 20.0. The van der Waals surface area contributed by atoms with Crippen LogP contribution in [0.2, 0.25) is 0 Å². The monoisotopic (exact) mass is 503 g/mol. The molecule has 2 atom stereocenters. The molecule has 1 saturated heterocycles. The lowest BCUT2D eigenvalue weighted by Crippen LogP contribution is -2.53. The second-order valence-electron chi connectivity index (χ2n) is 8.80. The average molecular weight is 504 g/mol. The van der Waals surface area contributed by atoms with Crippen molar-refractivity contribution >= 4 is 16.7 Å². The molecule has 0 bridgehead atoms. The molecule has 11 heteroatoms. The average Bonchev–Trinajstić information content (AvgIpc) is 2.82. The third kappa shape index (κ3) is 4.99. The van der Waals surface area contributed by atoms with Crippen molar-refractivity contribution in [1.82, 2.24) is 14.5 Å². The van der Waals surface area contributed by atoms with E-state index in [1.807, 2.05) is 19.9 Å².